The smallest absolute Gasteiger partial charge is 0.204 e. The van der Waals surface area contributed by atoms with Gasteiger partial charge >= 0.3 is 0 Å². The van der Waals surface area contributed by atoms with Crippen LogP contribution in [0.2, 0.25) is 0 Å². The van der Waals surface area contributed by atoms with Crippen LogP contribution in [0.4, 0.5) is 0 Å². The van der Waals surface area contributed by atoms with E-state index >= 15 is 0 Å². The number of nitrogens with zero attached hydrogens (tertiary/aromatic N) is 6. The fourth-order valence-electron chi connectivity index (χ4n) is 24.1. The molecule has 9 heterocycles. The van der Waals surface area contributed by atoms with E-state index in [-0.39, 0.29) is 47.8 Å². The summed E-state index contributed by atoms with van der Waals surface area (Å²) >= 11 is 0. The Kier molecular flexibility index (Phi) is 30.6. The van der Waals surface area contributed by atoms with Crippen LogP contribution in [0.15, 0.2) is 133 Å². The highest BCUT2D eigenvalue weighted by molar-refractivity contribution is 5.90. The van der Waals surface area contributed by atoms with Crippen molar-refractivity contribution >= 4 is 0 Å². The number of rotatable bonds is 26. The highest BCUT2D eigenvalue weighted by Crippen LogP contribution is 2.64. The predicted molar refractivity (Wildman–Crippen MR) is 574 cm³/mol. The van der Waals surface area contributed by atoms with Crippen molar-refractivity contribution < 1.29 is 114 Å². The second-order valence-corrected chi connectivity index (χ2v) is 39.5. The Morgan fingerprint density at radius 2 is 0.727 bits per heavy atom. The molecular formula is C120H138N6O24. The first-order chi connectivity index (χ1) is 72.8. The Balaban J connectivity index is 0.000000142. The number of phenolic OH excluding ortho intramolecular Hbond substituents is 2. The van der Waals surface area contributed by atoms with Crippen molar-refractivity contribution in [2.24, 2.45) is 0 Å². The molecule has 150 heavy (non-hydrogen) atoms. The van der Waals surface area contributed by atoms with E-state index in [1.165, 1.54) is 51.6 Å². The predicted octanol–water partition coefficient (Wildman–Crippen LogP) is 20.7. The monoisotopic (exact) mass is 2050 g/mol. The topological polar surface area (TPSA) is 263 Å². The summed E-state index contributed by atoms with van der Waals surface area (Å²) in [7, 11) is 42.5. The van der Waals surface area contributed by atoms with E-state index in [4.69, 9.17) is 104 Å². The van der Waals surface area contributed by atoms with Gasteiger partial charge in [0.05, 0.1) is 128 Å². The van der Waals surface area contributed by atoms with Crippen LogP contribution in [-0.4, -0.2) is 249 Å². The summed E-state index contributed by atoms with van der Waals surface area (Å²) in [6.45, 7) is 5.24. The summed E-state index contributed by atoms with van der Waals surface area (Å²) in [6.07, 6.45) is 9.33. The van der Waals surface area contributed by atoms with Crippen LogP contribution >= 0.6 is 0 Å². The molecule has 30 heteroatoms. The number of fused-ring (bicyclic) bond motifs is 7. The van der Waals surface area contributed by atoms with Gasteiger partial charge in [0.1, 0.15) is 17.2 Å². The number of ether oxygens (including phenoxy) is 22. The molecule has 30 nitrogen and oxygen atoms in total. The molecule has 0 amide bonds. The van der Waals surface area contributed by atoms with Crippen LogP contribution in [0, 0.1) is 0 Å². The zero-order valence-electron chi connectivity index (χ0n) is 90.5. The van der Waals surface area contributed by atoms with E-state index in [1.54, 1.807) is 121 Å². The lowest BCUT2D eigenvalue weighted by molar-refractivity contribution is 0.220. The zero-order valence-corrected chi connectivity index (χ0v) is 90.5. The van der Waals surface area contributed by atoms with Crippen molar-refractivity contribution in [1.82, 2.24) is 29.4 Å². The fourth-order valence-corrected chi connectivity index (χ4v) is 24.1. The minimum atomic E-state index is -0.127. The van der Waals surface area contributed by atoms with Gasteiger partial charge in [-0.05, 0) is 294 Å². The summed E-state index contributed by atoms with van der Waals surface area (Å²) in [4.78, 5) is 14.2. The first-order valence-corrected chi connectivity index (χ1v) is 50.9. The average Bonchev–Trinajstić information content (AvgIpc) is 0.713. The lowest BCUT2D eigenvalue weighted by Crippen LogP contribution is -2.36. The van der Waals surface area contributed by atoms with Crippen molar-refractivity contribution in [2.75, 3.05) is 210 Å². The number of likely N-dealkylation sites (N-methyl/N-ethyl adjacent to an activating group) is 6. The highest BCUT2D eigenvalue weighted by atomic mass is 16.6. The molecule has 0 radical (unpaired) electrons. The van der Waals surface area contributed by atoms with Gasteiger partial charge in [0, 0.05) is 126 Å². The quantitative estimate of drug-likeness (QED) is 0.0510. The number of benzene rings is 12. The molecule has 11 aliphatic rings. The van der Waals surface area contributed by atoms with Crippen LogP contribution < -0.4 is 104 Å². The SMILES string of the molecule is COc1cc(C[C@H]2c3cc(OC)c(OC)c(O)c3CCN2C)c(Oc2cc3c(cc2OC)-c2c(OC)c(OC)c(OC)c4c2C(C3)N(C)CC4)cc1OC.COc1cc2c(cc1OC)[C@H](Cc1ccc(Oc3c4c(cc(OC)c3OC)-c3c(OC)c(OC)c(OC)c5c3C(C4)N(C)CC5)cc1)N(C)CC2.COc1ccc2cc1Oc1ccc(cc1)CC1c3cc(OC)c(cc3CCN1C)Oc1c(O)c(OC)cc3c1[C@H](C2)N(C)CC3. The molecule has 0 aromatic heterocycles. The molecule has 0 saturated carbocycles. The minimum Gasteiger partial charge on any atom is -0.504 e. The lowest BCUT2D eigenvalue weighted by atomic mass is 9.75. The van der Waals surface area contributed by atoms with Gasteiger partial charge in [0.25, 0.3) is 0 Å². The number of aromatic hydroxyl groups is 2. The lowest BCUT2D eigenvalue weighted by Gasteiger charge is -2.41. The third kappa shape index (κ3) is 18.9. The summed E-state index contributed by atoms with van der Waals surface area (Å²) in [5.74, 6) is 15.7. The molecule has 8 bridgehead atoms. The summed E-state index contributed by atoms with van der Waals surface area (Å²) in [5.41, 5.74) is 23.9. The largest absolute Gasteiger partial charge is 0.504 e. The van der Waals surface area contributed by atoms with Crippen LogP contribution in [0.3, 0.4) is 0 Å². The van der Waals surface area contributed by atoms with E-state index in [2.05, 4.69) is 132 Å². The Morgan fingerprint density at radius 1 is 0.273 bits per heavy atom. The van der Waals surface area contributed by atoms with Crippen molar-refractivity contribution in [3.05, 3.63) is 234 Å². The van der Waals surface area contributed by atoms with Gasteiger partial charge in [-0.1, -0.05) is 30.3 Å². The Bertz CT molecular complexity index is 7070. The molecular weight excluding hydrogens is 1910 g/mol. The zero-order chi connectivity index (χ0) is 106. The van der Waals surface area contributed by atoms with Crippen molar-refractivity contribution in [2.45, 2.75) is 113 Å². The maximum Gasteiger partial charge on any atom is 0.204 e. The molecule has 2 aliphatic carbocycles. The molecule has 792 valence electrons. The summed E-state index contributed by atoms with van der Waals surface area (Å²) in [6, 6.07) is 45.5. The number of phenols is 2. The highest BCUT2D eigenvalue weighted by Gasteiger charge is 2.46. The normalized spacial score (nSPS) is 18.2. The fraction of sp³-hybridized carbons (Fsp3) is 0.400. The third-order valence-electron chi connectivity index (χ3n) is 32.0. The number of hydrogen-bond acceptors (Lipinski definition) is 30. The Morgan fingerprint density at radius 3 is 1.33 bits per heavy atom. The van der Waals surface area contributed by atoms with Gasteiger partial charge in [-0.2, -0.15) is 0 Å². The molecule has 6 atom stereocenters. The standard InChI is InChI=1S/C42H50N2O10.C41H48N2O8.C37H40N2O6/c1-43-13-11-24-27(20-35(49-6)40(51-8)38(24)45)28(43)16-23-18-31(46-3)33(48-5)21-30(23)54-34-17-22-15-29-36-25(12-14-44(29)2)39(50-7)42(53-10)41(52-9)37(36)26(22)19-32(34)47-4;1-42-16-14-24-19-32(44-3)33(45-4)21-27(24)30(42)18-23-10-12-25(13-11-23)51-38-29-20-31-35-26(15-17-43(31)2)37(47-6)41(50-9)40(49-8)36(35)28(29)22-34(46-5)39(38)48-7;1-38-14-12-24-19-33-31(42-4)21-27(24)28(38)16-22-6-9-26(10-7-22)44-32-18-23(8-11-30(32)41-3)17-29-35-25(13-15-39(29)2)20-34(43-5)36(40)37(35)45-33/h17-21,28-29,45H,11-16H2,1-10H3;10-13,19,21-22,30-31H,14-18,20H2,1-9H3;6-11,18-21,28-29,40H,12-17H2,1-5H3/t28-,29?;30-,31?;28?,29-/m000/s1. The van der Waals surface area contributed by atoms with E-state index in [0.29, 0.717) is 146 Å². The molecule has 0 saturated heterocycles. The van der Waals surface area contributed by atoms with Crippen LogP contribution in [-0.2, 0) is 77.0 Å². The maximum atomic E-state index is 11.6. The molecule has 12 aromatic rings. The van der Waals surface area contributed by atoms with E-state index in [1.807, 2.05) is 72.8 Å². The van der Waals surface area contributed by atoms with Crippen molar-refractivity contribution in [1.29, 1.82) is 0 Å². The van der Waals surface area contributed by atoms with Crippen LogP contribution in [0.25, 0.3) is 22.3 Å². The number of hydrogen-bond donors (Lipinski definition) is 2. The first kappa shape index (κ1) is 104. The van der Waals surface area contributed by atoms with E-state index < -0.39 is 0 Å². The van der Waals surface area contributed by atoms with Crippen molar-refractivity contribution in [3.8, 4) is 183 Å². The number of methoxy groups -OCH3 is 18. The molecule has 0 spiro atoms. The maximum absolute atomic E-state index is 11.6. The van der Waals surface area contributed by atoms with E-state index in [9.17, 15) is 10.2 Å². The Hall–Kier alpha value is -14.4. The van der Waals surface area contributed by atoms with Gasteiger partial charge in [0.15, 0.2) is 115 Å². The average molecular weight is 2050 g/mol. The van der Waals surface area contributed by atoms with Gasteiger partial charge < -0.3 is 114 Å². The Labute approximate surface area is 878 Å². The van der Waals surface area contributed by atoms with Crippen LogP contribution in [0.5, 0.6) is 161 Å². The van der Waals surface area contributed by atoms with Gasteiger partial charge in [-0.3, -0.25) is 29.4 Å². The summed E-state index contributed by atoms with van der Waals surface area (Å²) in [5, 5.41) is 22.9. The summed E-state index contributed by atoms with van der Waals surface area (Å²) < 4.78 is 132. The second-order valence-electron chi connectivity index (χ2n) is 39.5. The van der Waals surface area contributed by atoms with Gasteiger partial charge in [-0.15, -0.1) is 0 Å². The van der Waals surface area contributed by atoms with Gasteiger partial charge in [-0.25, -0.2) is 0 Å². The molecule has 23 rings (SSSR count). The molecule has 3 unspecified atom stereocenters. The third-order valence-corrected chi connectivity index (χ3v) is 32.0. The second kappa shape index (κ2) is 44.0. The first-order valence-electron chi connectivity index (χ1n) is 50.9. The van der Waals surface area contributed by atoms with Crippen molar-refractivity contribution in [3.63, 3.8) is 0 Å². The molecule has 2 N–H and O–H groups in total. The van der Waals surface area contributed by atoms with Crippen LogP contribution in [0.1, 0.15) is 136 Å². The molecule has 0 fully saturated rings. The molecule has 12 aromatic carbocycles. The molecule has 9 aliphatic heterocycles. The van der Waals surface area contributed by atoms with Gasteiger partial charge in [0.2, 0.25) is 28.7 Å². The van der Waals surface area contributed by atoms with E-state index in [0.717, 1.165) is 197 Å². The minimum absolute atomic E-state index is 0.0138.